The van der Waals surface area contributed by atoms with E-state index in [2.05, 4.69) is 16.5 Å². The minimum atomic E-state index is -0.00450. The molecule has 1 amide bonds. The van der Waals surface area contributed by atoms with Crippen LogP contribution in [0, 0.1) is 0 Å². The third-order valence-corrected chi connectivity index (χ3v) is 5.15. The summed E-state index contributed by atoms with van der Waals surface area (Å²) in [6, 6.07) is 18.2. The van der Waals surface area contributed by atoms with Crippen LogP contribution in [-0.2, 0) is 11.3 Å². The van der Waals surface area contributed by atoms with Crippen LogP contribution in [0.15, 0.2) is 64.7 Å². The molecule has 0 saturated carbocycles. The molecular formula is C19H18N4OS. The molecule has 0 bridgehead atoms. The Morgan fingerprint density at radius 3 is 2.84 bits per heavy atom. The lowest BCUT2D eigenvalue weighted by Crippen LogP contribution is -2.30. The van der Waals surface area contributed by atoms with Crippen LogP contribution in [0.25, 0.3) is 0 Å². The minimum absolute atomic E-state index is 0.00450. The number of rotatable bonds is 4. The molecule has 0 aromatic heterocycles. The molecule has 0 spiro atoms. The van der Waals surface area contributed by atoms with Gasteiger partial charge in [-0.3, -0.25) is 4.79 Å². The van der Waals surface area contributed by atoms with E-state index in [0.717, 1.165) is 22.8 Å². The highest BCUT2D eigenvalue weighted by molar-refractivity contribution is 8.14. The van der Waals surface area contributed by atoms with Crippen molar-refractivity contribution in [1.29, 1.82) is 0 Å². The minimum Gasteiger partial charge on any atom is -0.351 e. The van der Waals surface area contributed by atoms with Gasteiger partial charge in [0.15, 0.2) is 5.17 Å². The number of carbonyl (C=O) groups excluding carboxylic acids is 1. The Morgan fingerprint density at radius 1 is 1.16 bits per heavy atom. The SMILES string of the molecule is O=C(CSC1=Nc2ccccc2C2CC=NN12)NCc1ccccc1. The molecule has 6 heteroatoms. The van der Waals surface area contributed by atoms with Gasteiger partial charge < -0.3 is 5.32 Å². The molecule has 1 atom stereocenters. The lowest BCUT2D eigenvalue weighted by molar-refractivity contribution is -0.118. The Balaban J connectivity index is 1.39. The fraction of sp³-hybridized carbons (Fsp3) is 0.211. The standard InChI is InChI=1S/C19H18N4OS/c24-18(20-12-14-6-2-1-3-7-14)13-25-19-22-16-9-5-4-8-15(16)17-10-11-21-23(17)19/h1-9,11,17H,10,12-13H2,(H,20,24). The van der Waals surface area contributed by atoms with Gasteiger partial charge in [-0.2, -0.15) is 5.10 Å². The topological polar surface area (TPSA) is 57.1 Å². The summed E-state index contributed by atoms with van der Waals surface area (Å²) in [6.45, 7) is 0.542. The zero-order chi connectivity index (χ0) is 17.1. The lowest BCUT2D eigenvalue weighted by Gasteiger charge is -2.29. The molecule has 2 aromatic rings. The fourth-order valence-corrected chi connectivity index (χ4v) is 3.79. The van der Waals surface area contributed by atoms with Crippen molar-refractivity contribution in [3.63, 3.8) is 0 Å². The molecule has 4 rings (SSSR count). The van der Waals surface area contributed by atoms with Crippen molar-refractivity contribution in [2.24, 2.45) is 10.1 Å². The van der Waals surface area contributed by atoms with Crippen LogP contribution in [0.1, 0.15) is 23.6 Å². The summed E-state index contributed by atoms with van der Waals surface area (Å²) < 4.78 is 0. The molecule has 126 valence electrons. The second-order valence-electron chi connectivity index (χ2n) is 5.90. The van der Waals surface area contributed by atoms with Crippen LogP contribution in [0.3, 0.4) is 0 Å². The molecule has 0 saturated heterocycles. The van der Waals surface area contributed by atoms with Gasteiger partial charge in [0.2, 0.25) is 5.91 Å². The molecule has 2 heterocycles. The van der Waals surface area contributed by atoms with Crippen molar-refractivity contribution in [3.8, 4) is 0 Å². The highest BCUT2D eigenvalue weighted by atomic mass is 32.2. The van der Waals surface area contributed by atoms with E-state index in [0.29, 0.717) is 12.3 Å². The molecule has 2 aromatic carbocycles. The number of aliphatic imine (C=N–C) groups is 1. The summed E-state index contributed by atoms with van der Waals surface area (Å²) in [7, 11) is 0. The fourth-order valence-electron chi connectivity index (χ4n) is 2.96. The number of thioether (sulfide) groups is 1. The zero-order valence-electron chi connectivity index (χ0n) is 13.6. The third kappa shape index (κ3) is 3.44. The largest absolute Gasteiger partial charge is 0.351 e. The van der Waals surface area contributed by atoms with Gasteiger partial charge in [-0.15, -0.1) is 0 Å². The summed E-state index contributed by atoms with van der Waals surface area (Å²) in [4.78, 5) is 16.8. The number of hydrogen-bond donors (Lipinski definition) is 1. The quantitative estimate of drug-likeness (QED) is 0.918. The van der Waals surface area contributed by atoms with Gasteiger partial charge in [0.1, 0.15) is 0 Å². The van der Waals surface area contributed by atoms with Crippen LogP contribution >= 0.6 is 11.8 Å². The summed E-state index contributed by atoms with van der Waals surface area (Å²) >= 11 is 1.43. The van der Waals surface area contributed by atoms with Gasteiger partial charge in [-0.05, 0) is 11.6 Å². The number of nitrogens with one attached hydrogen (secondary N) is 1. The van der Waals surface area contributed by atoms with Gasteiger partial charge in [0.25, 0.3) is 0 Å². The van der Waals surface area contributed by atoms with Gasteiger partial charge in [0.05, 0.1) is 17.5 Å². The first-order chi connectivity index (χ1) is 12.3. The molecule has 5 nitrogen and oxygen atoms in total. The monoisotopic (exact) mass is 350 g/mol. The van der Waals surface area contributed by atoms with E-state index in [1.807, 2.05) is 59.8 Å². The first-order valence-corrected chi connectivity index (χ1v) is 9.22. The number of amidine groups is 1. The average Bonchev–Trinajstić information content (AvgIpc) is 3.15. The van der Waals surface area contributed by atoms with Gasteiger partial charge in [-0.1, -0.05) is 60.3 Å². The molecule has 1 N–H and O–H groups in total. The van der Waals surface area contributed by atoms with Crippen molar-refractivity contribution in [1.82, 2.24) is 10.3 Å². The van der Waals surface area contributed by atoms with Crippen molar-refractivity contribution in [2.45, 2.75) is 19.0 Å². The molecule has 0 radical (unpaired) electrons. The number of carbonyl (C=O) groups is 1. The predicted molar refractivity (Wildman–Crippen MR) is 102 cm³/mol. The van der Waals surface area contributed by atoms with Crippen molar-refractivity contribution < 1.29 is 4.79 Å². The van der Waals surface area contributed by atoms with E-state index in [9.17, 15) is 4.79 Å². The first-order valence-electron chi connectivity index (χ1n) is 8.24. The number of hydrogen-bond acceptors (Lipinski definition) is 5. The lowest BCUT2D eigenvalue weighted by atomic mass is 10.0. The number of para-hydroxylation sites is 1. The van der Waals surface area contributed by atoms with E-state index in [-0.39, 0.29) is 11.9 Å². The molecular weight excluding hydrogens is 332 g/mol. The third-order valence-electron chi connectivity index (χ3n) is 4.20. The first kappa shape index (κ1) is 15.9. The maximum absolute atomic E-state index is 12.2. The number of amides is 1. The molecule has 2 aliphatic heterocycles. The van der Waals surface area contributed by atoms with E-state index in [1.165, 1.54) is 17.3 Å². The van der Waals surface area contributed by atoms with E-state index in [1.54, 1.807) is 0 Å². The van der Waals surface area contributed by atoms with Gasteiger partial charge in [-0.25, -0.2) is 10.0 Å². The smallest absolute Gasteiger partial charge is 0.230 e. The highest BCUT2D eigenvalue weighted by Gasteiger charge is 2.32. The summed E-state index contributed by atoms with van der Waals surface area (Å²) in [5, 5.41) is 10.1. The Bertz CT molecular complexity index is 834. The zero-order valence-corrected chi connectivity index (χ0v) is 14.4. The predicted octanol–water partition coefficient (Wildman–Crippen LogP) is 3.47. The number of benzene rings is 2. The van der Waals surface area contributed by atoms with Gasteiger partial charge >= 0.3 is 0 Å². The van der Waals surface area contributed by atoms with Crippen LogP contribution in [0.2, 0.25) is 0 Å². The van der Waals surface area contributed by atoms with Crippen molar-refractivity contribution in [3.05, 3.63) is 65.7 Å². The average molecular weight is 350 g/mol. The highest BCUT2D eigenvalue weighted by Crippen LogP contribution is 2.40. The number of hydrazone groups is 1. The normalized spacial score (nSPS) is 17.7. The van der Waals surface area contributed by atoms with E-state index in [4.69, 9.17) is 4.99 Å². The number of nitrogens with zero attached hydrogens (tertiary/aromatic N) is 3. The summed E-state index contributed by atoms with van der Waals surface area (Å²) in [6.07, 6.45) is 2.79. The van der Waals surface area contributed by atoms with Crippen LogP contribution in [0.5, 0.6) is 0 Å². The van der Waals surface area contributed by atoms with Crippen LogP contribution in [-0.4, -0.2) is 28.1 Å². The van der Waals surface area contributed by atoms with Crippen LogP contribution < -0.4 is 5.32 Å². The van der Waals surface area contributed by atoms with Gasteiger partial charge in [0, 0.05) is 24.7 Å². The second kappa shape index (κ2) is 7.11. The maximum Gasteiger partial charge on any atom is 0.230 e. The van der Waals surface area contributed by atoms with Crippen molar-refractivity contribution >= 4 is 34.7 Å². The maximum atomic E-state index is 12.2. The Hall–Kier alpha value is -2.60. The summed E-state index contributed by atoms with van der Waals surface area (Å²) in [5.41, 5.74) is 3.26. The second-order valence-corrected chi connectivity index (χ2v) is 6.84. The summed E-state index contributed by atoms with van der Waals surface area (Å²) in [5.74, 6) is 0.321. The van der Waals surface area contributed by atoms with Crippen molar-refractivity contribution in [2.75, 3.05) is 5.75 Å². The molecule has 0 fully saturated rings. The Kier molecular flexibility index (Phi) is 4.52. The molecule has 2 aliphatic rings. The van der Waals surface area contributed by atoms with E-state index >= 15 is 0 Å². The Labute approximate surface area is 150 Å². The number of fused-ring (bicyclic) bond motifs is 3. The molecule has 0 aliphatic carbocycles. The molecule has 1 unspecified atom stereocenters. The molecule has 25 heavy (non-hydrogen) atoms. The Morgan fingerprint density at radius 2 is 1.96 bits per heavy atom. The van der Waals surface area contributed by atoms with E-state index < -0.39 is 0 Å². The van der Waals surface area contributed by atoms with Crippen LogP contribution in [0.4, 0.5) is 5.69 Å².